The summed E-state index contributed by atoms with van der Waals surface area (Å²) in [7, 11) is 0. The average molecular weight is 291 g/mol. The number of anilines is 2. The second-order valence-corrected chi connectivity index (χ2v) is 4.22. The lowest BCUT2D eigenvalue weighted by Crippen LogP contribution is -2.40. The minimum Gasteiger partial charge on any atom is -0.384 e. The zero-order chi connectivity index (χ0) is 9.26. The molecule has 0 bridgehead atoms. The number of ether oxygens (including phenoxy) is 1. The van der Waals surface area contributed by atoms with Crippen molar-refractivity contribution in [1.29, 1.82) is 0 Å². The van der Waals surface area contributed by atoms with Crippen LogP contribution in [0.25, 0.3) is 0 Å². The van der Waals surface area contributed by atoms with Gasteiger partial charge in [0.05, 0.1) is 19.3 Å². The number of nitrogen functional groups attached to an aromatic ring is 1. The molecule has 1 aromatic rings. The van der Waals surface area contributed by atoms with Gasteiger partial charge in [0.15, 0.2) is 0 Å². The third-order valence-electron chi connectivity index (χ3n) is 1.80. The first kappa shape index (κ1) is 9.01. The van der Waals surface area contributed by atoms with Crippen LogP contribution in [-0.4, -0.2) is 24.2 Å². The first-order valence-electron chi connectivity index (χ1n) is 4.01. The van der Waals surface area contributed by atoms with E-state index in [4.69, 9.17) is 10.5 Å². The quantitative estimate of drug-likeness (QED) is 0.801. The van der Waals surface area contributed by atoms with E-state index in [0.717, 1.165) is 22.6 Å². The van der Waals surface area contributed by atoms with Crippen molar-refractivity contribution < 1.29 is 4.74 Å². The number of aromatic nitrogens is 1. The van der Waals surface area contributed by atoms with Crippen LogP contribution < -0.4 is 11.1 Å². The Labute approximate surface area is 90.0 Å². The number of rotatable bonds is 2. The summed E-state index contributed by atoms with van der Waals surface area (Å²) in [5, 5.41) is 3.24. The van der Waals surface area contributed by atoms with Gasteiger partial charge in [-0.05, 0) is 34.7 Å². The highest BCUT2D eigenvalue weighted by Gasteiger charge is 2.18. The summed E-state index contributed by atoms with van der Waals surface area (Å²) >= 11 is 2.22. The fraction of sp³-hybridized carbons (Fsp3) is 0.375. The molecule has 0 aromatic carbocycles. The Bertz CT molecular complexity index is 294. The monoisotopic (exact) mass is 291 g/mol. The van der Waals surface area contributed by atoms with E-state index < -0.39 is 0 Å². The van der Waals surface area contributed by atoms with Crippen LogP contribution in [0.4, 0.5) is 11.6 Å². The van der Waals surface area contributed by atoms with E-state index in [2.05, 4.69) is 32.9 Å². The summed E-state index contributed by atoms with van der Waals surface area (Å²) in [4.78, 5) is 4.16. The third-order valence-corrected chi connectivity index (χ3v) is 2.42. The lowest BCUT2D eigenvalue weighted by molar-refractivity contribution is 0.0209. The van der Waals surface area contributed by atoms with E-state index in [9.17, 15) is 0 Å². The second kappa shape index (κ2) is 3.67. The van der Waals surface area contributed by atoms with Gasteiger partial charge in [0.25, 0.3) is 0 Å². The van der Waals surface area contributed by atoms with Crippen LogP contribution in [0.2, 0.25) is 0 Å². The lowest BCUT2D eigenvalue weighted by atomic mass is 10.2. The van der Waals surface area contributed by atoms with Crippen LogP contribution in [-0.2, 0) is 4.74 Å². The van der Waals surface area contributed by atoms with Crippen LogP contribution in [0, 0.1) is 3.57 Å². The van der Waals surface area contributed by atoms with Gasteiger partial charge in [-0.3, -0.25) is 0 Å². The molecule has 1 fully saturated rings. The SMILES string of the molecule is Nc1cc(I)cc(NC2COC2)n1. The van der Waals surface area contributed by atoms with Gasteiger partial charge >= 0.3 is 0 Å². The highest BCUT2D eigenvalue weighted by atomic mass is 127. The average Bonchev–Trinajstić information content (AvgIpc) is 1.95. The summed E-state index contributed by atoms with van der Waals surface area (Å²) in [6.45, 7) is 1.51. The summed E-state index contributed by atoms with van der Waals surface area (Å²) in [5.74, 6) is 1.38. The van der Waals surface area contributed by atoms with Crippen LogP contribution in [0.1, 0.15) is 0 Å². The fourth-order valence-corrected chi connectivity index (χ4v) is 1.73. The molecule has 2 rings (SSSR count). The van der Waals surface area contributed by atoms with Gasteiger partial charge in [0.1, 0.15) is 11.6 Å². The Morgan fingerprint density at radius 1 is 1.54 bits per heavy atom. The van der Waals surface area contributed by atoms with Gasteiger partial charge < -0.3 is 15.8 Å². The van der Waals surface area contributed by atoms with Crippen LogP contribution in [0.5, 0.6) is 0 Å². The molecule has 0 aliphatic carbocycles. The van der Waals surface area contributed by atoms with Crippen molar-refractivity contribution in [1.82, 2.24) is 4.98 Å². The van der Waals surface area contributed by atoms with Gasteiger partial charge in [-0.1, -0.05) is 0 Å². The molecular formula is C8H10IN3O. The third kappa shape index (κ3) is 2.22. The number of nitrogens with one attached hydrogen (secondary N) is 1. The Morgan fingerprint density at radius 3 is 2.85 bits per heavy atom. The number of nitrogens with two attached hydrogens (primary N) is 1. The van der Waals surface area contributed by atoms with E-state index in [0.29, 0.717) is 11.9 Å². The Balaban J connectivity index is 2.10. The summed E-state index contributed by atoms with van der Waals surface area (Å²) < 4.78 is 6.13. The van der Waals surface area contributed by atoms with Crippen molar-refractivity contribution in [3.05, 3.63) is 15.7 Å². The van der Waals surface area contributed by atoms with Crippen molar-refractivity contribution in [2.45, 2.75) is 6.04 Å². The molecule has 0 spiro atoms. The second-order valence-electron chi connectivity index (χ2n) is 2.97. The molecule has 1 aliphatic heterocycles. The van der Waals surface area contributed by atoms with Crippen molar-refractivity contribution in [3.8, 4) is 0 Å². The molecule has 0 saturated carbocycles. The summed E-state index contributed by atoms with van der Waals surface area (Å²) in [5.41, 5.74) is 5.61. The van der Waals surface area contributed by atoms with Gasteiger partial charge in [0, 0.05) is 3.57 Å². The Morgan fingerprint density at radius 2 is 2.31 bits per heavy atom. The van der Waals surface area contributed by atoms with E-state index in [1.807, 2.05) is 12.1 Å². The number of hydrogen-bond donors (Lipinski definition) is 2. The van der Waals surface area contributed by atoms with E-state index >= 15 is 0 Å². The van der Waals surface area contributed by atoms with Gasteiger partial charge in [-0.25, -0.2) is 4.98 Å². The Hall–Kier alpha value is -0.560. The number of hydrogen-bond acceptors (Lipinski definition) is 4. The Kier molecular flexibility index (Phi) is 2.54. The molecule has 2 heterocycles. The van der Waals surface area contributed by atoms with E-state index in [1.165, 1.54) is 0 Å². The molecule has 1 saturated heterocycles. The maximum atomic E-state index is 5.61. The van der Waals surface area contributed by atoms with Crippen LogP contribution >= 0.6 is 22.6 Å². The standard InChI is InChI=1S/C8H10IN3O/c9-5-1-7(10)12-8(2-5)11-6-3-13-4-6/h1-2,6H,3-4H2,(H3,10,11,12). The first-order valence-corrected chi connectivity index (χ1v) is 5.09. The van der Waals surface area contributed by atoms with Gasteiger partial charge in [-0.2, -0.15) is 0 Å². The fourth-order valence-electron chi connectivity index (χ4n) is 1.12. The summed E-state index contributed by atoms with van der Waals surface area (Å²) in [6.07, 6.45) is 0. The molecule has 1 aliphatic rings. The van der Waals surface area contributed by atoms with Crippen molar-refractivity contribution >= 4 is 34.2 Å². The molecule has 0 unspecified atom stereocenters. The minimum absolute atomic E-state index is 0.394. The molecular weight excluding hydrogens is 281 g/mol. The van der Waals surface area contributed by atoms with Crippen LogP contribution in [0.15, 0.2) is 12.1 Å². The highest BCUT2D eigenvalue weighted by Crippen LogP contribution is 2.16. The number of pyridine rings is 1. The zero-order valence-corrected chi connectivity index (χ0v) is 9.11. The van der Waals surface area contributed by atoms with E-state index in [1.54, 1.807) is 0 Å². The lowest BCUT2D eigenvalue weighted by Gasteiger charge is -2.27. The van der Waals surface area contributed by atoms with Crippen LogP contribution in [0.3, 0.4) is 0 Å². The van der Waals surface area contributed by atoms with Crippen molar-refractivity contribution in [2.24, 2.45) is 0 Å². The smallest absolute Gasteiger partial charge is 0.129 e. The summed E-state index contributed by atoms with van der Waals surface area (Å²) in [6, 6.07) is 4.20. The molecule has 4 nitrogen and oxygen atoms in total. The van der Waals surface area contributed by atoms with Crippen molar-refractivity contribution in [2.75, 3.05) is 24.3 Å². The topological polar surface area (TPSA) is 60.2 Å². The number of halogens is 1. The predicted octanol–water partition coefficient (Wildman–Crippen LogP) is 1.08. The van der Waals surface area contributed by atoms with Crippen molar-refractivity contribution in [3.63, 3.8) is 0 Å². The maximum Gasteiger partial charge on any atom is 0.129 e. The molecule has 5 heteroatoms. The maximum absolute atomic E-state index is 5.61. The first-order chi connectivity index (χ1) is 6.24. The highest BCUT2D eigenvalue weighted by molar-refractivity contribution is 14.1. The molecule has 0 atom stereocenters. The molecule has 1 aromatic heterocycles. The van der Waals surface area contributed by atoms with Gasteiger partial charge in [0.2, 0.25) is 0 Å². The molecule has 3 N–H and O–H groups in total. The molecule has 70 valence electrons. The van der Waals surface area contributed by atoms with Gasteiger partial charge in [-0.15, -0.1) is 0 Å². The minimum atomic E-state index is 0.394. The van der Waals surface area contributed by atoms with E-state index in [-0.39, 0.29) is 0 Å². The zero-order valence-electron chi connectivity index (χ0n) is 6.96. The molecule has 0 radical (unpaired) electrons. The molecule has 0 amide bonds. The normalized spacial score (nSPS) is 16.7. The predicted molar refractivity (Wildman–Crippen MR) is 59.6 cm³/mol. The number of nitrogens with zero attached hydrogens (tertiary/aromatic N) is 1. The largest absolute Gasteiger partial charge is 0.384 e. The molecule has 13 heavy (non-hydrogen) atoms.